The average Bonchev–Trinajstić information content (AvgIpc) is 3.41. The van der Waals surface area contributed by atoms with Crippen molar-refractivity contribution in [3.63, 3.8) is 0 Å². The maximum Gasteiger partial charge on any atom is 0.305 e. The van der Waals surface area contributed by atoms with Crippen LogP contribution in [0.3, 0.4) is 0 Å². The number of rotatable bonds is 64. The molecular formula is C69H133NO5. The number of amides is 1. The number of hydrogen-bond acceptors (Lipinski definition) is 5. The first-order valence-electron chi connectivity index (χ1n) is 34.1. The lowest BCUT2D eigenvalue weighted by Crippen LogP contribution is -2.45. The molecule has 0 aromatic heterocycles. The predicted octanol–water partition coefficient (Wildman–Crippen LogP) is 21.8. The van der Waals surface area contributed by atoms with Gasteiger partial charge in [-0.2, -0.15) is 0 Å². The van der Waals surface area contributed by atoms with Crippen LogP contribution in [0.1, 0.15) is 380 Å². The van der Waals surface area contributed by atoms with E-state index in [1.54, 1.807) is 0 Å². The summed E-state index contributed by atoms with van der Waals surface area (Å²) in [6.45, 7) is 4.97. The van der Waals surface area contributed by atoms with Crippen LogP contribution in [0.2, 0.25) is 0 Å². The van der Waals surface area contributed by atoms with Crippen LogP contribution in [0.25, 0.3) is 0 Å². The lowest BCUT2D eigenvalue weighted by molar-refractivity contribution is -0.143. The molecule has 0 aliphatic carbocycles. The first kappa shape index (κ1) is 73.3. The van der Waals surface area contributed by atoms with Gasteiger partial charge in [0.05, 0.1) is 25.4 Å². The van der Waals surface area contributed by atoms with Crippen LogP contribution in [0, 0.1) is 0 Å². The highest BCUT2D eigenvalue weighted by Crippen LogP contribution is 2.18. The van der Waals surface area contributed by atoms with Gasteiger partial charge in [0.2, 0.25) is 5.91 Å². The highest BCUT2D eigenvalue weighted by atomic mass is 16.5. The molecule has 75 heavy (non-hydrogen) atoms. The Morgan fingerprint density at radius 3 is 0.947 bits per heavy atom. The number of nitrogens with one attached hydrogen (secondary N) is 1. The number of hydrogen-bond donors (Lipinski definition) is 3. The molecular weight excluding hydrogens is 923 g/mol. The third-order valence-corrected chi connectivity index (χ3v) is 16.0. The van der Waals surface area contributed by atoms with Gasteiger partial charge in [-0.15, -0.1) is 0 Å². The van der Waals surface area contributed by atoms with Crippen LogP contribution in [-0.2, 0) is 14.3 Å². The molecule has 0 radical (unpaired) electrons. The fourth-order valence-corrected chi connectivity index (χ4v) is 10.7. The lowest BCUT2D eigenvalue weighted by atomic mass is 10.0. The Kier molecular flexibility index (Phi) is 63.4. The van der Waals surface area contributed by atoms with Crippen LogP contribution in [0.15, 0.2) is 24.3 Å². The molecule has 3 N–H and O–H groups in total. The number of esters is 1. The number of aliphatic hydroxyl groups excluding tert-OH is 2. The Bertz CT molecular complexity index is 1170. The number of allylic oxidation sites excluding steroid dienone is 4. The summed E-state index contributed by atoms with van der Waals surface area (Å²) in [6.07, 6.45) is 80.6. The first-order valence-corrected chi connectivity index (χ1v) is 34.1. The molecule has 444 valence electrons. The van der Waals surface area contributed by atoms with Crippen LogP contribution >= 0.6 is 0 Å². The molecule has 2 atom stereocenters. The molecule has 0 aliphatic heterocycles. The summed E-state index contributed by atoms with van der Waals surface area (Å²) in [7, 11) is 0. The first-order chi connectivity index (χ1) is 37.0. The molecule has 0 rings (SSSR count). The van der Waals surface area contributed by atoms with Gasteiger partial charge in [0.25, 0.3) is 0 Å². The SMILES string of the molecule is CCCCCCCC/C=C\CCCCCCCC(=O)OCCCCCCCCCCCCC/C=C\CCCCCCCCCC(=O)NC(CO)C(O)CCCCCCCCCCCCCCCCCCCCCCC. The molecule has 0 aliphatic rings. The highest BCUT2D eigenvalue weighted by molar-refractivity contribution is 5.76. The van der Waals surface area contributed by atoms with Crippen molar-refractivity contribution in [1.29, 1.82) is 0 Å². The summed E-state index contributed by atoms with van der Waals surface area (Å²) in [6, 6.07) is -0.548. The van der Waals surface area contributed by atoms with Crippen molar-refractivity contribution in [1.82, 2.24) is 5.32 Å². The van der Waals surface area contributed by atoms with E-state index >= 15 is 0 Å². The van der Waals surface area contributed by atoms with Crippen molar-refractivity contribution in [3.8, 4) is 0 Å². The Hall–Kier alpha value is -1.66. The molecule has 0 heterocycles. The zero-order chi connectivity index (χ0) is 54.3. The van der Waals surface area contributed by atoms with Gasteiger partial charge < -0.3 is 20.3 Å². The van der Waals surface area contributed by atoms with E-state index in [1.807, 2.05) is 0 Å². The molecule has 0 saturated heterocycles. The normalized spacial score (nSPS) is 12.6. The maximum atomic E-state index is 12.5. The summed E-state index contributed by atoms with van der Waals surface area (Å²) in [5.41, 5.74) is 0. The monoisotopic (exact) mass is 1060 g/mol. The van der Waals surface area contributed by atoms with Gasteiger partial charge in [0, 0.05) is 12.8 Å². The minimum atomic E-state index is -0.670. The van der Waals surface area contributed by atoms with E-state index in [-0.39, 0.29) is 18.5 Å². The van der Waals surface area contributed by atoms with Gasteiger partial charge in [-0.3, -0.25) is 9.59 Å². The van der Waals surface area contributed by atoms with Crippen molar-refractivity contribution >= 4 is 11.9 Å². The Balaban J connectivity index is 3.42. The van der Waals surface area contributed by atoms with Crippen LogP contribution in [-0.4, -0.2) is 47.4 Å². The minimum Gasteiger partial charge on any atom is -0.466 e. The number of ether oxygens (including phenoxy) is 1. The van der Waals surface area contributed by atoms with Gasteiger partial charge >= 0.3 is 5.97 Å². The molecule has 0 bridgehead atoms. The molecule has 0 aromatic rings. The second-order valence-corrected chi connectivity index (χ2v) is 23.5. The molecule has 0 aromatic carbocycles. The third-order valence-electron chi connectivity index (χ3n) is 16.0. The fraction of sp³-hybridized carbons (Fsp3) is 0.913. The highest BCUT2D eigenvalue weighted by Gasteiger charge is 2.20. The Morgan fingerprint density at radius 1 is 0.360 bits per heavy atom. The molecule has 0 saturated carbocycles. The number of aliphatic hydroxyl groups is 2. The summed E-state index contributed by atoms with van der Waals surface area (Å²) >= 11 is 0. The Morgan fingerprint density at radius 2 is 0.627 bits per heavy atom. The van der Waals surface area contributed by atoms with Crippen molar-refractivity contribution in [2.24, 2.45) is 0 Å². The van der Waals surface area contributed by atoms with Crippen LogP contribution in [0.5, 0.6) is 0 Å². The molecule has 6 heteroatoms. The van der Waals surface area contributed by atoms with Gasteiger partial charge in [0.15, 0.2) is 0 Å². The second kappa shape index (κ2) is 64.9. The van der Waals surface area contributed by atoms with Crippen LogP contribution < -0.4 is 5.32 Å². The third kappa shape index (κ3) is 61.4. The van der Waals surface area contributed by atoms with Crippen LogP contribution in [0.4, 0.5) is 0 Å². The molecule has 1 amide bonds. The Labute approximate surface area is 469 Å². The molecule has 0 fully saturated rings. The summed E-state index contributed by atoms with van der Waals surface area (Å²) < 4.78 is 5.48. The smallest absolute Gasteiger partial charge is 0.305 e. The quantitative estimate of drug-likeness (QED) is 0.0320. The van der Waals surface area contributed by atoms with Gasteiger partial charge in [-0.25, -0.2) is 0 Å². The largest absolute Gasteiger partial charge is 0.466 e. The van der Waals surface area contributed by atoms with E-state index in [0.717, 1.165) is 44.9 Å². The summed E-state index contributed by atoms with van der Waals surface area (Å²) in [5, 5.41) is 23.4. The molecule has 2 unspecified atom stereocenters. The van der Waals surface area contributed by atoms with Crippen molar-refractivity contribution < 1.29 is 24.5 Å². The molecule has 6 nitrogen and oxygen atoms in total. The fourth-order valence-electron chi connectivity index (χ4n) is 10.7. The van der Waals surface area contributed by atoms with Gasteiger partial charge in [0.1, 0.15) is 0 Å². The maximum absolute atomic E-state index is 12.5. The molecule has 0 spiro atoms. The zero-order valence-corrected chi connectivity index (χ0v) is 50.8. The van der Waals surface area contributed by atoms with E-state index in [9.17, 15) is 19.8 Å². The summed E-state index contributed by atoms with van der Waals surface area (Å²) in [5.74, 6) is -0.0353. The number of unbranched alkanes of at least 4 members (excludes halogenated alkanes) is 49. The second-order valence-electron chi connectivity index (χ2n) is 23.5. The van der Waals surface area contributed by atoms with E-state index in [4.69, 9.17) is 4.74 Å². The van der Waals surface area contributed by atoms with E-state index < -0.39 is 12.1 Å². The minimum absolute atomic E-state index is 0.00286. The van der Waals surface area contributed by atoms with Gasteiger partial charge in [-0.05, 0) is 77.0 Å². The predicted molar refractivity (Wildman–Crippen MR) is 329 cm³/mol. The lowest BCUT2D eigenvalue weighted by Gasteiger charge is -2.22. The number of carbonyl (C=O) groups excluding carboxylic acids is 2. The number of carbonyl (C=O) groups is 2. The average molecular weight is 1060 g/mol. The van der Waals surface area contributed by atoms with Crippen molar-refractivity contribution in [2.75, 3.05) is 13.2 Å². The van der Waals surface area contributed by atoms with E-state index in [0.29, 0.717) is 25.9 Å². The van der Waals surface area contributed by atoms with E-state index in [2.05, 4.69) is 43.5 Å². The van der Waals surface area contributed by atoms with Crippen molar-refractivity contribution in [3.05, 3.63) is 24.3 Å². The summed E-state index contributed by atoms with van der Waals surface area (Å²) in [4.78, 5) is 24.6. The van der Waals surface area contributed by atoms with Gasteiger partial charge in [-0.1, -0.05) is 314 Å². The van der Waals surface area contributed by atoms with E-state index in [1.165, 1.54) is 302 Å². The zero-order valence-electron chi connectivity index (χ0n) is 50.8. The van der Waals surface area contributed by atoms with Crippen molar-refractivity contribution in [2.45, 2.75) is 392 Å². The standard InChI is InChI=1S/C69H133NO5/c1-3-5-7-9-11-13-15-17-19-20-21-24-27-30-34-37-41-45-49-53-57-61-67(72)66(65-71)70-68(73)62-58-54-50-46-42-38-35-31-28-25-22-23-26-29-32-36-40-44-48-52-56-60-64-75-69(74)63-59-55-51-47-43-39-33-18-16-14-12-10-8-6-4-2/h18,25,28,33,66-67,71-72H,3-17,19-24,26-27,29-32,34-65H2,1-2H3,(H,70,73)/b28-25-,33-18-. The topological polar surface area (TPSA) is 95.9 Å².